The standard InChI is InChI=1S/C21H24NO9PS/c1-29-19(23)17(22-21(25)30-14-15-8-4-3-5-9-15)12-13-31-32(26)20(24)16-10-6-7-11-18(16)33(2,27)28/h3-11,17,20,24H,12-14H2,1-2H3/p+1/t17-,20?/m0/s1. The quantitative estimate of drug-likeness (QED) is 0.353. The Morgan fingerprint density at radius 1 is 1.09 bits per heavy atom. The molecule has 0 bridgehead atoms. The third-order valence-electron chi connectivity index (χ3n) is 4.41. The zero-order valence-corrected chi connectivity index (χ0v) is 19.8. The Bertz CT molecular complexity index is 1080. The van der Waals surface area contributed by atoms with E-state index in [1.54, 1.807) is 24.3 Å². The molecule has 2 N–H and O–H groups in total. The molecule has 1 amide bonds. The predicted molar refractivity (Wildman–Crippen MR) is 118 cm³/mol. The third-order valence-corrected chi connectivity index (χ3v) is 6.70. The molecule has 0 saturated carbocycles. The molecule has 3 atom stereocenters. The van der Waals surface area contributed by atoms with Gasteiger partial charge in [-0.2, -0.15) is 0 Å². The number of methoxy groups -OCH3 is 1. The van der Waals surface area contributed by atoms with Gasteiger partial charge in [0.15, 0.2) is 9.84 Å². The summed E-state index contributed by atoms with van der Waals surface area (Å²) in [5, 5.41) is 12.7. The van der Waals surface area contributed by atoms with Crippen LogP contribution in [0.15, 0.2) is 59.5 Å². The summed E-state index contributed by atoms with van der Waals surface area (Å²) < 4.78 is 51.0. The molecule has 0 aliphatic carbocycles. The van der Waals surface area contributed by atoms with Crippen molar-refractivity contribution in [1.82, 2.24) is 5.32 Å². The maximum atomic E-state index is 12.4. The highest BCUT2D eigenvalue weighted by Crippen LogP contribution is 2.42. The van der Waals surface area contributed by atoms with Crippen molar-refractivity contribution in [3.8, 4) is 0 Å². The van der Waals surface area contributed by atoms with Gasteiger partial charge >= 0.3 is 25.9 Å². The molecule has 0 saturated heterocycles. The highest BCUT2D eigenvalue weighted by molar-refractivity contribution is 7.90. The molecular weight excluding hydrogens is 473 g/mol. The molecule has 0 spiro atoms. The SMILES string of the molecule is COC(=O)[C@H](CCO[P+](=O)C(O)c1ccccc1S(C)(=O)=O)NC(=O)OCc1ccccc1. The fraction of sp³-hybridized carbons (Fsp3) is 0.333. The minimum atomic E-state index is -3.67. The van der Waals surface area contributed by atoms with Gasteiger partial charge in [0, 0.05) is 12.7 Å². The number of rotatable bonds is 11. The van der Waals surface area contributed by atoms with Gasteiger partial charge in [-0.3, -0.25) is 0 Å². The van der Waals surface area contributed by atoms with Crippen molar-refractivity contribution >= 4 is 29.9 Å². The molecular formula is C21H25NO9PS+. The van der Waals surface area contributed by atoms with Crippen molar-refractivity contribution in [2.24, 2.45) is 0 Å². The lowest BCUT2D eigenvalue weighted by molar-refractivity contribution is -0.143. The summed E-state index contributed by atoms with van der Waals surface area (Å²) in [5.41, 5.74) is 0.694. The molecule has 10 nitrogen and oxygen atoms in total. The van der Waals surface area contributed by atoms with Crippen LogP contribution in [0.3, 0.4) is 0 Å². The number of sulfone groups is 1. The Labute approximate surface area is 192 Å². The van der Waals surface area contributed by atoms with Crippen LogP contribution in [0.1, 0.15) is 23.4 Å². The summed E-state index contributed by atoms with van der Waals surface area (Å²) in [6.07, 6.45) is -0.0225. The second-order valence-electron chi connectivity index (χ2n) is 6.87. The number of nitrogens with one attached hydrogen (secondary N) is 1. The van der Waals surface area contributed by atoms with Crippen LogP contribution >= 0.6 is 8.03 Å². The zero-order valence-electron chi connectivity index (χ0n) is 18.0. The summed E-state index contributed by atoms with van der Waals surface area (Å²) in [7, 11) is -5.28. The molecule has 12 heteroatoms. The van der Waals surface area contributed by atoms with Crippen molar-refractivity contribution in [1.29, 1.82) is 0 Å². The first kappa shape index (κ1) is 26.4. The molecule has 0 aliphatic heterocycles. The minimum Gasteiger partial charge on any atom is -0.467 e. The predicted octanol–water partition coefficient (Wildman–Crippen LogP) is 2.70. The topological polar surface area (TPSA) is 145 Å². The summed E-state index contributed by atoms with van der Waals surface area (Å²) in [5.74, 6) is -2.47. The van der Waals surface area contributed by atoms with Crippen LogP contribution < -0.4 is 5.32 Å². The normalized spacial score (nSPS) is 13.5. The third kappa shape index (κ3) is 8.21. The first-order valence-electron chi connectivity index (χ1n) is 9.75. The van der Waals surface area contributed by atoms with Crippen LogP contribution in [0, 0.1) is 0 Å². The fourth-order valence-corrected chi connectivity index (χ4v) is 4.67. The fourth-order valence-electron chi connectivity index (χ4n) is 2.77. The van der Waals surface area contributed by atoms with E-state index >= 15 is 0 Å². The number of hydrogen-bond donors (Lipinski definition) is 2. The van der Waals surface area contributed by atoms with E-state index in [2.05, 4.69) is 10.1 Å². The van der Waals surface area contributed by atoms with E-state index in [9.17, 15) is 27.7 Å². The first-order valence-corrected chi connectivity index (χ1v) is 12.9. The van der Waals surface area contributed by atoms with Crippen molar-refractivity contribution in [3.63, 3.8) is 0 Å². The van der Waals surface area contributed by atoms with Gasteiger partial charge in [0.05, 0.1) is 17.6 Å². The number of alkyl carbamates (subject to hydrolysis) is 1. The van der Waals surface area contributed by atoms with Gasteiger partial charge in [0.2, 0.25) is 0 Å². The molecule has 0 aliphatic rings. The lowest BCUT2D eigenvalue weighted by Gasteiger charge is -2.15. The van der Waals surface area contributed by atoms with E-state index in [-0.39, 0.29) is 30.1 Å². The number of ether oxygens (including phenoxy) is 2. The number of aliphatic hydroxyl groups is 1. The van der Waals surface area contributed by atoms with Crippen molar-refractivity contribution in [2.45, 2.75) is 29.8 Å². The minimum absolute atomic E-state index is 0.00510. The monoisotopic (exact) mass is 498 g/mol. The second-order valence-corrected chi connectivity index (χ2v) is 10.2. The molecule has 0 aromatic heterocycles. The van der Waals surface area contributed by atoms with Crippen LogP contribution in [-0.4, -0.2) is 51.6 Å². The largest absolute Gasteiger partial charge is 0.545 e. The van der Waals surface area contributed by atoms with Crippen molar-refractivity contribution in [2.75, 3.05) is 20.0 Å². The van der Waals surface area contributed by atoms with Crippen LogP contribution in [-0.2, 0) is 39.8 Å². The van der Waals surface area contributed by atoms with E-state index in [1.165, 1.54) is 24.3 Å². The highest BCUT2D eigenvalue weighted by atomic mass is 32.2. The molecule has 2 rings (SSSR count). The second kappa shape index (κ2) is 12.4. The van der Waals surface area contributed by atoms with Gasteiger partial charge in [0.25, 0.3) is 0 Å². The molecule has 178 valence electrons. The van der Waals surface area contributed by atoms with Gasteiger partial charge in [-0.25, -0.2) is 18.0 Å². The van der Waals surface area contributed by atoms with Gasteiger partial charge in [0.1, 0.15) is 19.3 Å². The average Bonchev–Trinajstić information content (AvgIpc) is 2.81. The lowest BCUT2D eigenvalue weighted by Crippen LogP contribution is -2.42. The van der Waals surface area contributed by atoms with E-state index in [0.717, 1.165) is 18.9 Å². The number of esters is 1. The Balaban J connectivity index is 1.92. The van der Waals surface area contributed by atoms with Crippen LogP contribution in [0.4, 0.5) is 4.79 Å². The van der Waals surface area contributed by atoms with Gasteiger partial charge in [-0.05, 0) is 16.2 Å². The van der Waals surface area contributed by atoms with E-state index in [4.69, 9.17) is 9.26 Å². The maximum absolute atomic E-state index is 12.4. The number of aliphatic hydroxyl groups excluding tert-OH is 1. The summed E-state index contributed by atoms with van der Waals surface area (Å²) in [6.45, 7) is -0.305. The molecule has 0 heterocycles. The summed E-state index contributed by atoms with van der Waals surface area (Å²) >= 11 is 0. The number of amides is 1. The van der Waals surface area contributed by atoms with Crippen molar-refractivity contribution in [3.05, 3.63) is 65.7 Å². The van der Waals surface area contributed by atoms with E-state index < -0.39 is 41.8 Å². The number of benzene rings is 2. The highest BCUT2D eigenvalue weighted by Gasteiger charge is 2.36. The van der Waals surface area contributed by atoms with E-state index in [1.807, 2.05) is 6.07 Å². The Kier molecular flexibility index (Phi) is 9.93. The Morgan fingerprint density at radius 3 is 2.36 bits per heavy atom. The van der Waals surface area contributed by atoms with Crippen LogP contribution in [0.5, 0.6) is 0 Å². The Hall–Kier alpha value is -2.85. The number of carbonyl (C=O) groups excluding carboxylic acids is 2. The van der Waals surface area contributed by atoms with Crippen molar-refractivity contribution < 1.29 is 41.7 Å². The first-order chi connectivity index (χ1) is 15.6. The number of hydrogen-bond acceptors (Lipinski definition) is 9. The van der Waals surface area contributed by atoms with Crippen LogP contribution in [0.2, 0.25) is 0 Å². The zero-order chi connectivity index (χ0) is 24.4. The molecule has 0 fully saturated rings. The molecule has 2 aromatic rings. The smallest absolute Gasteiger partial charge is 0.467 e. The van der Waals surface area contributed by atoms with Gasteiger partial charge in [-0.15, -0.1) is 4.52 Å². The molecule has 2 aromatic carbocycles. The van der Waals surface area contributed by atoms with Crippen LogP contribution in [0.25, 0.3) is 0 Å². The van der Waals surface area contributed by atoms with Gasteiger partial charge < -0.3 is 19.9 Å². The van der Waals surface area contributed by atoms with Gasteiger partial charge in [-0.1, -0.05) is 48.5 Å². The van der Waals surface area contributed by atoms with E-state index in [0.29, 0.717) is 0 Å². The summed E-state index contributed by atoms with van der Waals surface area (Å²) in [6, 6.07) is 13.4. The molecule has 33 heavy (non-hydrogen) atoms. The Morgan fingerprint density at radius 2 is 1.73 bits per heavy atom. The molecule has 2 unspecified atom stereocenters. The lowest BCUT2D eigenvalue weighted by atomic mass is 10.2. The molecule has 0 radical (unpaired) electrons. The number of carbonyl (C=O) groups is 2. The summed E-state index contributed by atoms with van der Waals surface area (Å²) in [4.78, 5) is 23.8. The average molecular weight is 498 g/mol. The maximum Gasteiger partial charge on any atom is 0.545 e.